The second-order valence-electron chi connectivity index (χ2n) is 5.76. The Labute approximate surface area is 168 Å². The minimum absolute atomic E-state index is 0.126. The molecule has 0 unspecified atom stereocenters. The molecule has 3 rings (SSSR count). The van der Waals surface area contributed by atoms with Crippen molar-refractivity contribution in [3.05, 3.63) is 59.0 Å². The molecule has 1 amide bonds. The maximum Gasteiger partial charge on any atom is 0.258 e. The van der Waals surface area contributed by atoms with Crippen molar-refractivity contribution in [1.29, 1.82) is 0 Å². The maximum atomic E-state index is 12.7. The third-order valence-corrected chi connectivity index (χ3v) is 5.73. The van der Waals surface area contributed by atoms with Crippen LogP contribution in [0.15, 0.2) is 53.4 Å². The van der Waals surface area contributed by atoms with E-state index in [9.17, 15) is 4.79 Å². The van der Waals surface area contributed by atoms with Crippen molar-refractivity contribution in [1.82, 2.24) is 4.98 Å². The first-order chi connectivity index (χ1) is 13.1. The topological polar surface area (TPSA) is 51.2 Å². The van der Waals surface area contributed by atoms with Gasteiger partial charge >= 0.3 is 0 Å². The summed E-state index contributed by atoms with van der Waals surface area (Å²) in [4.78, 5) is 19.4. The van der Waals surface area contributed by atoms with E-state index in [0.717, 1.165) is 32.5 Å². The van der Waals surface area contributed by atoms with Crippen LogP contribution < -0.4 is 10.1 Å². The van der Waals surface area contributed by atoms with E-state index in [0.29, 0.717) is 17.3 Å². The van der Waals surface area contributed by atoms with Crippen molar-refractivity contribution >= 4 is 34.1 Å². The number of anilines is 1. The van der Waals surface area contributed by atoms with E-state index in [1.807, 2.05) is 62.4 Å². The molecule has 6 heteroatoms. The summed E-state index contributed by atoms with van der Waals surface area (Å²) in [6.07, 6.45) is 0. The van der Waals surface area contributed by atoms with Crippen LogP contribution in [0.1, 0.15) is 29.1 Å². The van der Waals surface area contributed by atoms with Crippen LogP contribution in [0.25, 0.3) is 11.3 Å². The normalized spacial score (nSPS) is 10.6. The number of amides is 1. The highest BCUT2D eigenvalue weighted by Gasteiger charge is 2.15. The van der Waals surface area contributed by atoms with E-state index in [-0.39, 0.29) is 5.91 Å². The van der Waals surface area contributed by atoms with Crippen molar-refractivity contribution in [2.75, 3.05) is 17.7 Å². The van der Waals surface area contributed by atoms with Crippen molar-refractivity contribution in [3.8, 4) is 17.0 Å². The zero-order valence-electron chi connectivity index (χ0n) is 15.6. The number of hydrogen-bond donors (Lipinski definition) is 1. The van der Waals surface area contributed by atoms with E-state index >= 15 is 0 Å². The van der Waals surface area contributed by atoms with E-state index in [1.54, 1.807) is 11.8 Å². The first-order valence-electron chi connectivity index (χ1n) is 8.86. The quantitative estimate of drug-likeness (QED) is 0.505. The van der Waals surface area contributed by atoms with Crippen LogP contribution in [-0.4, -0.2) is 23.3 Å². The number of thioether (sulfide) groups is 1. The summed E-state index contributed by atoms with van der Waals surface area (Å²) in [7, 11) is 0. The lowest BCUT2D eigenvalue weighted by Gasteiger charge is -2.07. The summed E-state index contributed by atoms with van der Waals surface area (Å²) in [5.41, 5.74) is 2.57. The van der Waals surface area contributed by atoms with E-state index < -0.39 is 0 Å². The number of carbonyl (C=O) groups is 1. The lowest BCUT2D eigenvalue weighted by atomic mass is 10.1. The fraction of sp³-hybridized carbons (Fsp3) is 0.238. The Hall–Kier alpha value is -2.31. The molecular weight excluding hydrogens is 376 g/mol. The van der Waals surface area contributed by atoms with Crippen LogP contribution in [0.2, 0.25) is 0 Å². The van der Waals surface area contributed by atoms with Crippen molar-refractivity contribution in [2.45, 2.75) is 25.7 Å². The van der Waals surface area contributed by atoms with Gasteiger partial charge < -0.3 is 4.74 Å². The number of rotatable bonds is 7. The van der Waals surface area contributed by atoms with Gasteiger partial charge in [0.1, 0.15) is 5.75 Å². The number of hydrogen-bond acceptors (Lipinski definition) is 5. The van der Waals surface area contributed by atoms with Gasteiger partial charge in [0.05, 0.1) is 17.9 Å². The molecule has 0 aliphatic heterocycles. The summed E-state index contributed by atoms with van der Waals surface area (Å²) < 4.78 is 5.49. The molecule has 0 fully saturated rings. The fourth-order valence-electron chi connectivity index (χ4n) is 2.69. The number of ether oxygens (including phenoxy) is 1. The molecule has 0 atom stereocenters. The van der Waals surface area contributed by atoms with Crippen LogP contribution in [0.3, 0.4) is 0 Å². The minimum Gasteiger partial charge on any atom is -0.494 e. The molecule has 0 saturated heterocycles. The first-order valence-corrected chi connectivity index (χ1v) is 10.7. The van der Waals surface area contributed by atoms with Gasteiger partial charge in [-0.1, -0.05) is 19.1 Å². The molecule has 0 bridgehead atoms. The van der Waals surface area contributed by atoms with Crippen LogP contribution in [0.4, 0.5) is 5.13 Å². The van der Waals surface area contributed by atoms with Crippen molar-refractivity contribution in [2.24, 2.45) is 0 Å². The van der Waals surface area contributed by atoms with E-state index in [1.165, 1.54) is 11.3 Å². The van der Waals surface area contributed by atoms with Crippen LogP contribution in [0.5, 0.6) is 5.75 Å². The largest absolute Gasteiger partial charge is 0.494 e. The maximum absolute atomic E-state index is 12.7. The van der Waals surface area contributed by atoms with Gasteiger partial charge in [0.2, 0.25) is 0 Å². The third-order valence-electron chi connectivity index (χ3n) is 3.89. The highest BCUT2D eigenvalue weighted by molar-refractivity contribution is 7.99. The molecule has 4 nitrogen and oxygen atoms in total. The monoisotopic (exact) mass is 398 g/mol. The molecular formula is C21H22N2O2S2. The zero-order valence-corrected chi connectivity index (χ0v) is 17.2. The van der Waals surface area contributed by atoms with Gasteiger partial charge in [0.25, 0.3) is 5.91 Å². The Morgan fingerprint density at radius 2 is 1.89 bits per heavy atom. The molecule has 1 N–H and O–H groups in total. The number of aromatic nitrogens is 1. The van der Waals surface area contributed by atoms with Gasteiger partial charge in [-0.25, -0.2) is 4.98 Å². The smallest absolute Gasteiger partial charge is 0.258 e. The summed E-state index contributed by atoms with van der Waals surface area (Å²) >= 11 is 3.15. The Balaban J connectivity index is 1.79. The Morgan fingerprint density at radius 1 is 1.15 bits per heavy atom. The predicted molar refractivity (Wildman–Crippen MR) is 114 cm³/mol. The van der Waals surface area contributed by atoms with Crippen LogP contribution in [0, 0.1) is 6.92 Å². The lowest BCUT2D eigenvalue weighted by Crippen LogP contribution is -2.12. The standard InChI is InChI=1S/C21H22N2O2S2/c1-4-25-16-12-10-15(11-13-16)19-14(3)27-21(22-19)23-20(24)17-8-6-7-9-18(17)26-5-2/h6-13H,4-5H2,1-3H3,(H,22,23,24). The molecule has 140 valence electrons. The number of nitrogens with one attached hydrogen (secondary N) is 1. The van der Waals surface area contributed by atoms with Crippen molar-refractivity contribution < 1.29 is 9.53 Å². The van der Waals surface area contributed by atoms with Gasteiger partial charge in [-0.05, 0) is 56.0 Å². The summed E-state index contributed by atoms with van der Waals surface area (Å²) in [5.74, 6) is 1.63. The Morgan fingerprint density at radius 3 is 2.59 bits per heavy atom. The third kappa shape index (κ3) is 4.70. The molecule has 0 spiro atoms. The van der Waals surface area contributed by atoms with Crippen LogP contribution >= 0.6 is 23.1 Å². The summed E-state index contributed by atoms with van der Waals surface area (Å²) in [5, 5.41) is 3.56. The Bertz CT molecular complexity index is 920. The molecule has 1 heterocycles. The van der Waals surface area contributed by atoms with Crippen molar-refractivity contribution in [3.63, 3.8) is 0 Å². The number of nitrogens with zero attached hydrogens (tertiary/aromatic N) is 1. The minimum atomic E-state index is -0.126. The molecule has 0 aliphatic rings. The average Bonchev–Trinajstić information content (AvgIpc) is 3.03. The number of benzene rings is 2. The molecule has 2 aromatic carbocycles. The summed E-state index contributed by atoms with van der Waals surface area (Å²) in [6, 6.07) is 15.5. The Kier molecular flexibility index (Phi) is 6.53. The number of aryl methyl sites for hydroxylation is 1. The van der Waals surface area contributed by atoms with Gasteiger partial charge in [-0.2, -0.15) is 0 Å². The van der Waals surface area contributed by atoms with E-state index in [4.69, 9.17) is 4.74 Å². The molecule has 0 radical (unpaired) electrons. The number of carbonyl (C=O) groups excluding carboxylic acids is 1. The zero-order chi connectivity index (χ0) is 19.2. The van der Waals surface area contributed by atoms with Crippen LogP contribution in [-0.2, 0) is 0 Å². The average molecular weight is 399 g/mol. The second kappa shape index (κ2) is 9.06. The molecule has 1 aromatic heterocycles. The van der Waals surface area contributed by atoms with Gasteiger partial charge in [0, 0.05) is 15.3 Å². The van der Waals surface area contributed by atoms with Gasteiger partial charge in [-0.3, -0.25) is 10.1 Å². The lowest BCUT2D eigenvalue weighted by molar-refractivity contribution is 0.102. The van der Waals surface area contributed by atoms with Gasteiger partial charge in [0.15, 0.2) is 5.13 Å². The summed E-state index contributed by atoms with van der Waals surface area (Å²) in [6.45, 7) is 6.69. The number of thiazole rings is 1. The highest BCUT2D eigenvalue weighted by atomic mass is 32.2. The molecule has 0 aliphatic carbocycles. The second-order valence-corrected chi connectivity index (χ2v) is 8.27. The molecule has 0 saturated carbocycles. The van der Waals surface area contributed by atoms with E-state index in [2.05, 4.69) is 17.2 Å². The fourth-order valence-corrected chi connectivity index (χ4v) is 4.33. The SMILES string of the molecule is CCOc1ccc(-c2nc(NC(=O)c3ccccc3SCC)sc2C)cc1. The highest BCUT2D eigenvalue weighted by Crippen LogP contribution is 2.32. The van der Waals surface area contributed by atoms with Gasteiger partial charge in [-0.15, -0.1) is 23.1 Å². The first kappa shape index (κ1) is 19.5. The molecule has 27 heavy (non-hydrogen) atoms. The predicted octanol–water partition coefficient (Wildman–Crippen LogP) is 5.88. The molecule has 3 aromatic rings.